The summed E-state index contributed by atoms with van der Waals surface area (Å²) in [5.74, 6) is -0.876. The van der Waals surface area contributed by atoms with Gasteiger partial charge in [-0.3, -0.25) is 19.7 Å². The molecule has 3 rings (SSSR count). The van der Waals surface area contributed by atoms with E-state index in [1.807, 2.05) is 6.92 Å². The Labute approximate surface area is 153 Å². The van der Waals surface area contributed by atoms with E-state index in [0.29, 0.717) is 18.6 Å². The number of ether oxygens (including phenoxy) is 1. The number of thioether (sulfide) groups is 1. The molecular weight excluding hydrogens is 362 g/mol. The lowest BCUT2D eigenvalue weighted by Crippen LogP contribution is -2.47. The average Bonchev–Trinajstić information content (AvgIpc) is 3.09. The van der Waals surface area contributed by atoms with Crippen molar-refractivity contribution in [3.63, 3.8) is 0 Å². The number of esters is 1. The van der Waals surface area contributed by atoms with E-state index >= 15 is 0 Å². The van der Waals surface area contributed by atoms with Crippen molar-refractivity contribution < 1.29 is 24.0 Å². The molecule has 138 valence electrons. The summed E-state index contributed by atoms with van der Waals surface area (Å²) in [5, 5.41) is 13.2. The first-order valence-corrected chi connectivity index (χ1v) is 8.96. The second-order valence-electron chi connectivity index (χ2n) is 6.23. The van der Waals surface area contributed by atoms with E-state index in [-0.39, 0.29) is 22.2 Å². The number of hydrogen-bond donors (Lipinski definition) is 1. The molecule has 26 heavy (non-hydrogen) atoms. The van der Waals surface area contributed by atoms with Crippen LogP contribution in [0.1, 0.15) is 19.8 Å². The van der Waals surface area contributed by atoms with Gasteiger partial charge in [0.1, 0.15) is 6.04 Å². The number of carbonyl (C=O) groups is 3. The van der Waals surface area contributed by atoms with Gasteiger partial charge >= 0.3 is 5.97 Å². The molecule has 0 aromatic heterocycles. The molecular formula is C16H17N3O6S. The quantitative estimate of drug-likeness (QED) is 0.468. The molecule has 2 fully saturated rings. The number of nitro groups is 1. The Bertz CT molecular complexity index is 785. The Balaban J connectivity index is 1.55. The van der Waals surface area contributed by atoms with Gasteiger partial charge in [0.15, 0.2) is 6.61 Å². The molecule has 0 spiro atoms. The number of rotatable bonds is 5. The fraction of sp³-hybridized carbons (Fsp3) is 0.438. The lowest BCUT2D eigenvalue weighted by Gasteiger charge is -2.29. The van der Waals surface area contributed by atoms with Crippen molar-refractivity contribution in [1.82, 2.24) is 4.90 Å². The Morgan fingerprint density at radius 1 is 1.50 bits per heavy atom. The molecule has 1 aromatic rings. The van der Waals surface area contributed by atoms with E-state index < -0.39 is 29.4 Å². The smallest absolute Gasteiger partial charge is 0.330 e. The zero-order valence-corrected chi connectivity index (χ0v) is 14.8. The first-order valence-electron chi connectivity index (χ1n) is 7.97. The maximum atomic E-state index is 12.3. The third-order valence-electron chi connectivity index (χ3n) is 4.40. The predicted molar refractivity (Wildman–Crippen MR) is 93.4 cm³/mol. The molecule has 0 bridgehead atoms. The number of nitrogens with one attached hydrogen (secondary N) is 1. The first kappa shape index (κ1) is 18.2. The minimum atomic E-state index is -0.689. The van der Waals surface area contributed by atoms with E-state index in [4.69, 9.17) is 4.74 Å². The highest BCUT2D eigenvalue weighted by molar-refractivity contribution is 8.01. The summed E-state index contributed by atoms with van der Waals surface area (Å²) in [6.07, 6.45) is 1.09. The van der Waals surface area contributed by atoms with Crippen LogP contribution in [0.5, 0.6) is 0 Å². The highest BCUT2D eigenvalue weighted by Crippen LogP contribution is 2.47. The van der Waals surface area contributed by atoms with E-state index in [9.17, 15) is 24.5 Å². The molecule has 1 N–H and O–H groups in total. The molecule has 9 nitrogen and oxygen atoms in total. The van der Waals surface area contributed by atoms with Crippen LogP contribution in [0.4, 0.5) is 11.4 Å². The van der Waals surface area contributed by atoms with Crippen molar-refractivity contribution in [2.24, 2.45) is 0 Å². The second kappa shape index (κ2) is 6.94. The Hall–Kier alpha value is -2.62. The van der Waals surface area contributed by atoms with Crippen LogP contribution < -0.4 is 5.32 Å². The van der Waals surface area contributed by atoms with Gasteiger partial charge in [0, 0.05) is 30.0 Å². The number of hydrogen-bond acceptors (Lipinski definition) is 7. The largest absolute Gasteiger partial charge is 0.454 e. The van der Waals surface area contributed by atoms with Crippen LogP contribution in [0, 0.1) is 10.1 Å². The third-order valence-corrected chi connectivity index (χ3v) is 5.91. The Kier molecular flexibility index (Phi) is 4.86. The van der Waals surface area contributed by atoms with Crippen LogP contribution in [0.2, 0.25) is 0 Å². The van der Waals surface area contributed by atoms with Crippen molar-refractivity contribution in [2.45, 2.75) is 30.7 Å². The van der Waals surface area contributed by atoms with Crippen LogP contribution >= 0.6 is 11.8 Å². The summed E-state index contributed by atoms with van der Waals surface area (Å²) < 4.78 is 5.05. The highest BCUT2D eigenvalue weighted by atomic mass is 32.2. The summed E-state index contributed by atoms with van der Waals surface area (Å²) in [6, 6.07) is 4.76. The van der Waals surface area contributed by atoms with Gasteiger partial charge in [-0.1, -0.05) is 6.07 Å². The molecule has 0 radical (unpaired) electrons. The van der Waals surface area contributed by atoms with Crippen LogP contribution in [0.25, 0.3) is 0 Å². The molecule has 0 unspecified atom stereocenters. The molecule has 2 heterocycles. The molecule has 2 aliphatic rings. The highest BCUT2D eigenvalue weighted by Gasteiger charge is 2.53. The fourth-order valence-corrected chi connectivity index (χ4v) is 4.54. The average molecular weight is 379 g/mol. The van der Waals surface area contributed by atoms with Crippen LogP contribution in [-0.4, -0.2) is 50.9 Å². The van der Waals surface area contributed by atoms with Gasteiger partial charge in [-0.25, -0.2) is 4.79 Å². The number of carbonyl (C=O) groups excluding carboxylic acids is 3. The molecule has 2 amide bonds. The van der Waals surface area contributed by atoms with Crippen molar-refractivity contribution >= 4 is 40.9 Å². The standard InChI is InChI=1S/C16H17N3O6S/c1-16-6-5-14(21)18(16)12(9-26-16)15(22)25-8-13(20)17-10-3-2-4-11(7-10)19(23)24/h2-4,7,12H,5-6,8-9H2,1H3,(H,17,20)/t12-,16-/m1/s1. The van der Waals surface area contributed by atoms with Crippen molar-refractivity contribution in [3.8, 4) is 0 Å². The number of anilines is 1. The lowest BCUT2D eigenvalue weighted by molar-refractivity contribution is -0.384. The topological polar surface area (TPSA) is 119 Å². The van der Waals surface area contributed by atoms with Gasteiger partial charge < -0.3 is 15.0 Å². The summed E-state index contributed by atoms with van der Waals surface area (Å²) in [6.45, 7) is 1.40. The van der Waals surface area contributed by atoms with E-state index in [1.165, 1.54) is 36.0 Å². The maximum Gasteiger partial charge on any atom is 0.330 e. The minimum Gasteiger partial charge on any atom is -0.454 e. The minimum absolute atomic E-state index is 0.0829. The number of benzene rings is 1. The molecule has 0 saturated carbocycles. The summed E-state index contributed by atoms with van der Waals surface area (Å²) in [4.78, 5) is 47.5. The predicted octanol–water partition coefficient (Wildman–Crippen LogP) is 1.53. The zero-order chi connectivity index (χ0) is 18.9. The maximum absolute atomic E-state index is 12.3. The van der Waals surface area contributed by atoms with Gasteiger partial charge in [0.2, 0.25) is 5.91 Å². The fourth-order valence-electron chi connectivity index (χ4n) is 3.12. The van der Waals surface area contributed by atoms with Gasteiger partial charge in [-0.2, -0.15) is 0 Å². The van der Waals surface area contributed by atoms with E-state index in [2.05, 4.69) is 5.32 Å². The number of non-ortho nitro benzene ring substituents is 1. The molecule has 2 atom stereocenters. The van der Waals surface area contributed by atoms with Gasteiger partial charge in [0.25, 0.3) is 11.6 Å². The molecule has 2 aliphatic heterocycles. The summed E-state index contributed by atoms with van der Waals surface area (Å²) in [7, 11) is 0. The van der Waals surface area contributed by atoms with E-state index in [0.717, 1.165) is 0 Å². The monoisotopic (exact) mass is 379 g/mol. The molecule has 10 heteroatoms. The van der Waals surface area contributed by atoms with Crippen LogP contribution in [0.15, 0.2) is 24.3 Å². The lowest BCUT2D eigenvalue weighted by atomic mass is 10.2. The Morgan fingerprint density at radius 2 is 2.27 bits per heavy atom. The second-order valence-corrected chi connectivity index (χ2v) is 7.73. The first-order chi connectivity index (χ1) is 12.3. The number of nitro benzene ring substituents is 1. The SMILES string of the molecule is C[C@@]12CCC(=O)N1[C@@H](C(=O)OCC(=O)Nc1cccc([N+](=O)[O-])c1)CS2. The summed E-state index contributed by atoms with van der Waals surface area (Å²) >= 11 is 1.54. The molecule has 2 saturated heterocycles. The van der Waals surface area contributed by atoms with Crippen LogP contribution in [-0.2, 0) is 19.1 Å². The summed E-state index contributed by atoms with van der Waals surface area (Å²) in [5.41, 5.74) is 0.0774. The molecule has 1 aromatic carbocycles. The third kappa shape index (κ3) is 3.50. The van der Waals surface area contributed by atoms with E-state index in [1.54, 1.807) is 4.90 Å². The number of amides is 2. The van der Waals surface area contributed by atoms with Gasteiger partial charge in [-0.15, -0.1) is 11.8 Å². The molecule has 0 aliphatic carbocycles. The normalized spacial score (nSPS) is 24.3. The van der Waals surface area contributed by atoms with Crippen molar-refractivity contribution in [3.05, 3.63) is 34.4 Å². The van der Waals surface area contributed by atoms with Gasteiger partial charge in [0.05, 0.1) is 9.79 Å². The number of nitrogens with zero attached hydrogens (tertiary/aromatic N) is 2. The Morgan fingerprint density at radius 3 is 3.00 bits per heavy atom. The number of fused-ring (bicyclic) bond motifs is 1. The van der Waals surface area contributed by atoms with Crippen molar-refractivity contribution in [1.29, 1.82) is 0 Å². The zero-order valence-electron chi connectivity index (χ0n) is 14.0. The van der Waals surface area contributed by atoms with Crippen molar-refractivity contribution in [2.75, 3.05) is 17.7 Å². The van der Waals surface area contributed by atoms with Crippen LogP contribution in [0.3, 0.4) is 0 Å². The van der Waals surface area contributed by atoms with Gasteiger partial charge in [-0.05, 0) is 19.4 Å².